The van der Waals surface area contributed by atoms with Crippen molar-refractivity contribution in [3.05, 3.63) is 58.6 Å². The number of nitrogens with zero attached hydrogens (tertiary/aromatic N) is 1. The maximum Gasteiger partial charge on any atom is 0.258 e. The molecule has 1 amide bonds. The van der Waals surface area contributed by atoms with Gasteiger partial charge in [0.15, 0.2) is 0 Å². The molecule has 0 aliphatic heterocycles. The lowest BCUT2D eigenvalue weighted by molar-refractivity contribution is 0.0993. The van der Waals surface area contributed by atoms with E-state index in [0.29, 0.717) is 16.9 Å². The Bertz CT molecular complexity index is 584. The van der Waals surface area contributed by atoms with Gasteiger partial charge in [-0.3, -0.25) is 4.79 Å². The number of nitrogen functional groups attached to an aromatic ring is 1. The fourth-order valence-electron chi connectivity index (χ4n) is 1.72. The Labute approximate surface area is 114 Å². The van der Waals surface area contributed by atoms with Crippen molar-refractivity contribution in [2.45, 2.75) is 0 Å². The third kappa shape index (κ3) is 2.54. The van der Waals surface area contributed by atoms with Gasteiger partial charge in [-0.15, -0.1) is 0 Å². The molecule has 0 atom stereocenters. The molecule has 3 nitrogen and oxygen atoms in total. The lowest BCUT2D eigenvalue weighted by Crippen LogP contribution is -2.26. The minimum atomic E-state index is -0.0887. The summed E-state index contributed by atoms with van der Waals surface area (Å²) in [5.41, 5.74) is 7.78. The maximum absolute atomic E-state index is 12.3. The van der Waals surface area contributed by atoms with Gasteiger partial charge < -0.3 is 10.6 Å². The van der Waals surface area contributed by atoms with Crippen LogP contribution in [0.15, 0.2) is 53.0 Å². The average molecular weight is 305 g/mol. The van der Waals surface area contributed by atoms with E-state index < -0.39 is 0 Å². The van der Waals surface area contributed by atoms with Gasteiger partial charge in [-0.05, 0) is 30.3 Å². The topological polar surface area (TPSA) is 46.3 Å². The van der Waals surface area contributed by atoms with Crippen LogP contribution in [0.4, 0.5) is 11.4 Å². The van der Waals surface area contributed by atoms with E-state index in [-0.39, 0.29) is 5.91 Å². The van der Waals surface area contributed by atoms with Gasteiger partial charge in [0.25, 0.3) is 5.91 Å². The first-order chi connectivity index (χ1) is 8.59. The zero-order valence-corrected chi connectivity index (χ0v) is 11.5. The lowest BCUT2D eigenvalue weighted by atomic mass is 10.2. The monoisotopic (exact) mass is 304 g/mol. The summed E-state index contributed by atoms with van der Waals surface area (Å²) in [6, 6.07) is 14.6. The molecule has 0 radical (unpaired) electrons. The van der Waals surface area contributed by atoms with E-state index in [4.69, 9.17) is 5.73 Å². The Morgan fingerprint density at radius 1 is 1.17 bits per heavy atom. The van der Waals surface area contributed by atoms with Gasteiger partial charge in [0.1, 0.15) is 0 Å². The van der Waals surface area contributed by atoms with Crippen LogP contribution in [0.5, 0.6) is 0 Å². The van der Waals surface area contributed by atoms with Gasteiger partial charge in [-0.2, -0.15) is 0 Å². The number of benzene rings is 2. The Balaban J connectivity index is 2.32. The van der Waals surface area contributed by atoms with Crippen molar-refractivity contribution < 1.29 is 4.79 Å². The summed E-state index contributed by atoms with van der Waals surface area (Å²) in [6.45, 7) is 0. The molecule has 0 saturated carbocycles. The fraction of sp³-hybridized carbons (Fsp3) is 0.0714. The number of rotatable bonds is 2. The summed E-state index contributed by atoms with van der Waals surface area (Å²) in [6.07, 6.45) is 0. The van der Waals surface area contributed by atoms with Gasteiger partial charge in [0.05, 0.1) is 11.4 Å². The number of hydrogen-bond acceptors (Lipinski definition) is 2. The smallest absolute Gasteiger partial charge is 0.258 e. The quantitative estimate of drug-likeness (QED) is 0.865. The van der Waals surface area contributed by atoms with Crippen molar-refractivity contribution in [2.75, 3.05) is 17.7 Å². The van der Waals surface area contributed by atoms with E-state index in [1.807, 2.05) is 30.3 Å². The molecule has 0 aromatic heterocycles. The Kier molecular flexibility index (Phi) is 3.67. The number of amides is 1. The third-order valence-electron chi connectivity index (χ3n) is 2.67. The molecule has 18 heavy (non-hydrogen) atoms. The Hall–Kier alpha value is -1.81. The number of para-hydroxylation sites is 2. The van der Waals surface area contributed by atoms with Crippen molar-refractivity contribution in [1.82, 2.24) is 0 Å². The van der Waals surface area contributed by atoms with E-state index in [0.717, 1.165) is 4.47 Å². The van der Waals surface area contributed by atoms with Crippen LogP contribution in [0.25, 0.3) is 0 Å². The van der Waals surface area contributed by atoms with Crippen LogP contribution in [0, 0.1) is 0 Å². The second kappa shape index (κ2) is 5.23. The molecule has 0 spiro atoms. The minimum Gasteiger partial charge on any atom is -0.397 e. The van der Waals surface area contributed by atoms with Gasteiger partial charge in [-0.25, -0.2) is 0 Å². The highest BCUT2D eigenvalue weighted by atomic mass is 79.9. The van der Waals surface area contributed by atoms with Crippen molar-refractivity contribution >= 4 is 33.2 Å². The maximum atomic E-state index is 12.3. The van der Waals surface area contributed by atoms with Crippen molar-refractivity contribution in [3.63, 3.8) is 0 Å². The normalized spacial score (nSPS) is 10.1. The number of hydrogen-bond donors (Lipinski definition) is 1. The molecule has 0 bridgehead atoms. The molecule has 92 valence electrons. The number of carbonyl (C=O) groups is 1. The number of halogens is 1. The molecule has 0 unspecified atom stereocenters. The second-order valence-electron chi connectivity index (χ2n) is 3.93. The predicted molar refractivity (Wildman–Crippen MR) is 77.7 cm³/mol. The largest absolute Gasteiger partial charge is 0.397 e. The summed E-state index contributed by atoms with van der Waals surface area (Å²) >= 11 is 3.35. The first-order valence-corrected chi connectivity index (χ1v) is 6.27. The van der Waals surface area contributed by atoms with Gasteiger partial charge >= 0.3 is 0 Å². The van der Waals surface area contributed by atoms with Crippen LogP contribution in [-0.4, -0.2) is 13.0 Å². The SMILES string of the molecule is CN(C(=O)c1cccc(Br)c1)c1ccccc1N. The van der Waals surface area contributed by atoms with Crippen LogP contribution < -0.4 is 10.6 Å². The second-order valence-corrected chi connectivity index (χ2v) is 4.85. The molecule has 0 fully saturated rings. The molecule has 4 heteroatoms. The van der Waals surface area contributed by atoms with Crippen molar-refractivity contribution in [1.29, 1.82) is 0 Å². The van der Waals surface area contributed by atoms with E-state index >= 15 is 0 Å². The average Bonchev–Trinajstić information content (AvgIpc) is 2.37. The van der Waals surface area contributed by atoms with Crippen LogP contribution in [-0.2, 0) is 0 Å². The zero-order chi connectivity index (χ0) is 13.1. The molecule has 0 aliphatic carbocycles. The summed E-state index contributed by atoms with van der Waals surface area (Å²) < 4.78 is 0.878. The van der Waals surface area contributed by atoms with Gasteiger partial charge in [0.2, 0.25) is 0 Å². The van der Waals surface area contributed by atoms with Gasteiger partial charge in [-0.1, -0.05) is 34.1 Å². The minimum absolute atomic E-state index is 0.0887. The Morgan fingerprint density at radius 2 is 1.89 bits per heavy atom. The lowest BCUT2D eigenvalue weighted by Gasteiger charge is -2.19. The number of nitrogens with two attached hydrogens (primary N) is 1. The molecule has 2 N–H and O–H groups in total. The Morgan fingerprint density at radius 3 is 2.56 bits per heavy atom. The standard InChI is InChI=1S/C14H13BrN2O/c1-17(13-8-3-2-7-12(13)16)14(18)10-5-4-6-11(15)9-10/h2-9H,16H2,1H3. The number of carbonyl (C=O) groups excluding carboxylic acids is 1. The highest BCUT2D eigenvalue weighted by molar-refractivity contribution is 9.10. The van der Waals surface area contributed by atoms with Crippen LogP contribution in [0.1, 0.15) is 10.4 Å². The van der Waals surface area contributed by atoms with Gasteiger partial charge in [0, 0.05) is 17.1 Å². The molecule has 0 saturated heterocycles. The summed E-state index contributed by atoms with van der Waals surface area (Å²) in [4.78, 5) is 13.9. The van der Waals surface area contributed by atoms with E-state index in [1.165, 1.54) is 0 Å². The van der Waals surface area contributed by atoms with E-state index in [9.17, 15) is 4.79 Å². The molecular formula is C14H13BrN2O. The summed E-state index contributed by atoms with van der Waals surface area (Å²) in [5, 5.41) is 0. The van der Waals surface area contributed by atoms with Crippen molar-refractivity contribution in [2.24, 2.45) is 0 Å². The molecule has 2 rings (SSSR count). The first kappa shape index (κ1) is 12.6. The van der Waals surface area contributed by atoms with E-state index in [1.54, 1.807) is 30.1 Å². The van der Waals surface area contributed by atoms with Crippen LogP contribution >= 0.6 is 15.9 Å². The summed E-state index contributed by atoms with van der Waals surface area (Å²) in [7, 11) is 1.72. The fourth-order valence-corrected chi connectivity index (χ4v) is 2.12. The first-order valence-electron chi connectivity index (χ1n) is 5.47. The third-order valence-corrected chi connectivity index (χ3v) is 3.17. The molecule has 0 heterocycles. The molecule has 2 aromatic carbocycles. The highest BCUT2D eigenvalue weighted by Gasteiger charge is 2.15. The molecular weight excluding hydrogens is 292 g/mol. The van der Waals surface area contributed by atoms with Crippen molar-refractivity contribution in [3.8, 4) is 0 Å². The van der Waals surface area contributed by atoms with Crippen LogP contribution in [0.2, 0.25) is 0 Å². The molecule has 0 aliphatic rings. The molecule has 2 aromatic rings. The highest BCUT2D eigenvalue weighted by Crippen LogP contribution is 2.23. The van der Waals surface area contributed by atoms with E-state index in [2.05, 4.69) is 15.9 Å². The zero-order valence-electron chi connectivity index (χ0n) is 9.93. The van der Waals surface area contributed by atoms with Crippen LogP contribution in [0.3, 0.4) is 0 Å². The number of anilines is 2. The predicted octanol–water partition coefficient (Wildman–Crippen LogP) is 3.31. The summed E-state index contributed by atoms with van der Waals surface area (Å²) in [5.74, 6) is -0.0887.